The summed E-state index contributed by atoms with van der Waals surface area (Å²) in [6.07, 6.45) is 4.01. The Morgan fingerprint density at radius 3 is 2.65 bits per heavy atom. The molecular formula is C17H27N3. The Morgan fingerprint density at radius 1 is 1.15 bits per heavy atom. The van der Waals surface area contributed by atoms with Crippen LogP contribution in [0.2, 0.25) is 0 Å². The molecule has 1 aromatic carbocycles. The van der Waals surface area contributed by atoms with Gasteiger partial charge in [0, 0.05) is 31.7 Å². The van der Waals surface area contributed by atoms with E-state index >= 15 is 0 Å². The Morgan fingerprint density at radius 2 is 1.90 bits per heavy atom. The molecule has 20 heavy (non-hydrogen) atoms. The van der Waals surface area contributed by atoms with Crippen molar-refractivity contribution in [2.45, 2.75) is 38.3 Å². The molecule has 2 aliphatic rings. The molecule has 3 heteroatoms. The minimum Gasteiger partial charge on any atom is -0.329 e. The number of nitrogens with zero attached hydrogens (tertiary/aromatic N) is 2. The van der Waals surface area contributed by atoms with Gasteiger partial charge in [0.25, 0.3) is 0 Å². The van der Waals surface area contributed by atoms with Crippen LogP contribution in [0.25, 0.3) is 0 Å². The maximum Gasteiger partial charge on any atom is 0.0471 e. The number of nitrogens with two attached hydrogens (primary N) is 1. The molecule has 0 saturated carbocycles. The second-order valence-electron chi connectivity index (χ2n) is 6.34. The molecular weight excluding hydrogens is 246 g/mol. The topological polar surface area (TPSA) is 32.5 Å². The number of aryl methyl sites for hydroxylation is 1. The van der Waals surface area contributed by atoms with Crippen molar-refractivity contribution in [2.24, 2.45) is 5.73 Å². The molecule has 0 radical (unpaired) electrons. The third-order valence-electron chi connectivity index (χ3n) is 4.96. The van der Waals surface area contributed by atoms with Crippen molar-refractivity contribution in [3.8, 4) is 0 Å². The third kappa shape index (κ3) is 2.90. The van der Waals surface area contributed by atoms with E-state index in [4.69, 9.17) is 5.73 Å². The van der Waals surface area contributed by atoms with Crippen LogP contribution in [0.15, 0.2) is 24.3 Å². The number of benzene rings is 1. The van der Waals surface area contributed by atoms with E-state index in [1.165, 1.54) is 56.6 Å². The molecule has 0 spiro atoms. The van der Waals surface area contributed by atoms with Gasteiger partial charge < -0.3 is 5.73 Å². The van der Waals surface area contributed by atoms with Gasteiger partial charge in [-0.15, -0.1) is 0 Å². The Hall–Kier alpha value is -0.900. The summed E-state index contributed by atoms with van der Waals surface area (Å²) < 4.78 is 0. The minimum atomic E-state index is 0.385. The fraction of sp³-hybridized carbons (Fsp3) is 0.647. The molecule has 3 rings (SSSR count). The van der Waals surface area contributed by atoms with Crippen LogP contribution in [0, 0.1) is 6.92 Å². The maximum absolute atomic E-state index is 6.11. The highest BCUT2D eigenvalue weighted by atomic mass is 15.3. The summed E-state index contributed by atoms with van der Waals surface area (Å²) in [5.41, 5.74) is 8.81. The van der Waals surface area contributed by atoms with Crippen molar-refractivity contribution in [1.29, 1.82) is 0 Å². The van der Waals surface area contributed by atoms with E-state index in [1.807, 2.05) is 0 Å². The lowest BCUT2D eigenvalue weighted by Crippen LogP contribution is -2.40. The molecule has 3 nitrogen and oxygen atoms in total. The average molecular weight is 273 g/mol. The van der Waals surface area contributed by atoms with Gasteiger partial charge in [0.15, 0.2) is 0 Å². The molecule has 2 saturated heterocycles. The first kappa shape index (κ1) is 14.1. The van der Waals surface area contributed by atoms with Gasteiger partial charge in [-0.1, -0.05) is 29.8 Å². The molecule has 110 valence electrons. The highest BCUT2D eigenvalue weighted by Crippen LogP contribution is 2.27. The summed E-state index contributed by atoms with van der Waals surface area (Å²) in [5, 5.41) is 0. The van der Waals surface area contributed by atoms with Crippen LogP contribution in [-0.4, -0.2) is 48.6 Å². The lowest BCUT2D eigenvalue weighted by molar-refractivity contribution is 0.176. The van der Waals surface area contributed by atoms with E-state index in [9.17, 15) is 0 Å². The van der Waals surface area contributed by atoms with E-state index in [0.717, 1.165) is 12.6 Å². The van der Waals surface area contributed by atoms with Crippen LogP contribution in [-0.2, 0) is 0 Å². The lowest BCUT2D eigenvalue weighted by atomic mass is 10.0. The third-order valence-corrected chi connectivity index (χ3v) is 4.96. The van der Waals surface area contributed by atoms with Crippen LogP contribution in [0.1, 0.15) is 36.4 Å². The van der Waals surface area contributed by atoms with Crippen LogP contribution < -0.4 is 5.73 Å². The summed E-state index contributed by atoms with van der Waals surface area (Å²) in [5.74, 6) is 0. The predicted molar refractivity (Wildman–Crippen MR) is 83.8 cm³/mol. The summed E-state index contributed by atoms with van der Waals surface area (Å²) in [7, 11) is 0. The van der Waals surface area contributed by atoms with Gasteiger partial charge >= 0.3 is 0 Å². The van der Waals surface area contributed by atoms with Crippen molar-refractivity contribution in [3.63, 3.8) is 0 Å². The fourth-order valence-corrected chi connectivity index (χ4v) is 3.80. The SMILES string of the molecule is Cc1ccc(C(CN)N2CCCN3CCCC3C2)cc1. The quantitative estimate of drug-likeness (QED) is 0.916. The molecule has 2 N–H and O–H groups in total. The Bertz CT molecular complexity index is 428. The van der Waals surface area contributed by atoms with Crippen LogP contribution in [0.4, 0.5) is 0 Å². The van der Waals surface area contributed by atoms with Crippen LogP contribution >= 0.6 is 0 Å². The van der Waals surface area contributed by atoms with Crippen molar-refractivity contribution < 1.29 is 0 Å². The molecule has 2 heterocycles. The number of hydrogen-bond donors (Lipinski definition) is 1. The van der Waals surface area contributed by atoms with Gasteiger partial charge in [-0.3, -0.25) is 9.80 Å². The standard InChI is InChI=1S/C17H27N3/c1-14-5-7-15(8-6-14)17(12-18)20-11-3-10-19-9-2-4-16(19)13-20/h5-8,16-17H,2-4,9-13,18H2,1H3. The van der Waals surface area contributed by atoms with E-state index in [2.05, 4.69) is 41.0 Å². The van der Waals surface area contributed by atoms with Gasteiger partial charge in [-0.05, 0) is 44.8 Å². The van der Waals surface area contributed by atoms with Crippen molar-refractivity contribution >= 4 is 0 Å². The van der Waals surface area contributed by atoms with Gasteiger partial charge in [-0.2, -0.15) is 0 Å². The summed E-state index contributed by atoms with van der Waals surface area (Å²) in [4.78, 5) is 5.31. The number of hydrogen-bond acceptors (Lipinski definition) is 3. The normalized spacial score (nSPS) is 26.2. The fourth-order valence-electron chi connectivity index (χ4n) is 3.80. The van der Waals surface area contributed by atoms with E-state index in [0.29, 0.717) is 6.04 Å². The Labute approximate surface area is 122 Å². The van der Waals surface area contributed by atoms with Crippen molar-refractivity contribution in [2.75, 3.05) is 32.7 Å². The second kappa shape index (κ2) is 6.25. The van der Waals surface area contributed by atoms with E-state index < -0.39 is 0 Å². The highest BCUT2D eigenvalue weighted by Gasteiger charge is 2.31. The Kier molecular flexibility index (Phi) is 4.39. The first-order valence-corrected chi connectivity index (χ1v) is 8.02. The van der Waals surface area contributed by atoms with Gasteiger partial charge in [-0.25, -0.2) is 0 Å². The monoisotopic (exact) mass is 273 g/mol. The highest BCUT2D eigenvalue weighted by molar-refractivity contribution is 5.24. The maximum atomic E-state index is 6.11. The molecule has 0 aliphatic carbocycles. The zero-order valence-corrected chi connectivity index (χ0v) is 12.6. The number of rotatable bonds is 3. The zero-order valence-electron chi connectivity index (χ0n) is 12.6. The summed E-state index contributed by atoms with van der Waals surface area (Å²) in [6, 6.07) is 10.1. The van der Waals surface area contributed by atoms with Crippen molar-refractivity contribution in [3.05, 3.63) is 35.4 Å². The van der Waals surface area contributed by atoms with Gasteiger partial charge in [0.05, 0.1) is 0 Å². The van der Waals surface area contributed by atoms with E-state index in [-0.39, 0.29) is 0 Å². The largest absolute Gasteiger partial charge is 0.329 e. The lowest BCUT2D eigenvalue weighted by Gasteiger charge is -2.32. The molecule has 2 fully saturated rings. The first-order valence-electron chi connectivity index (χ1n) is 8.02. The second-order valence-corrected chi connectivity index (χ2v) is 6.34. The first-order chi connectivity index (χ1) is 9.78. The number of fused-ring (bicyclic) bond motifs is 1. The van der Waals surface area contributed by atoms with Crippen LogP contribution in [0.5, 0.6) is 0 Å². The summed E-state index contributed by atoms with van der Waals surface area (Å²) in [6.45, 7) is 7.81. The van der Waals surface area contributed by atoms with Gasteiger partial charge in [0.2, 0.25) is 0 Å². The predicted octanol–water partition coefficient (Wildman–Crippen LogP) is 2.16. The van der Waals surface area contributed by atoms with Crippen molar-refractivity contribution in [1.82, 2.24) is 9.80 Å². The molecule has 2 aliphatic heterocycles. The summed E-state index contributed by atoms with van der Waals surface area (Å²) >= 11 is 0. The molecule has 0 bridgehead atoms. The van der Waals surface area contributed by atoms with Crippen LogP contribution in [0.3, 0.4) is 0 Å². The minimum absolute atomic E-state index is 0.385. The molecule has 0 amide bonds. The molecule has 0 aromatic heterocycles. The smallest absolute Gasteiger partial charge is 0.0471 e. The van der Waals surface area contributed by atoms with Gasteiger partial charge in [0.1, 0.15) is 0 Å². The average Bonchev–Trinajstić information content (AvgIpc) is 2.80. The molecule has 1 aromatic rings. The zero-order chi connectivity index (χ0) is 13.9. The molecule has 2 atom stereocenters. The Balaban J connectivity index is 1.76. The molecule has 2 unspecified atom stereocenters. The van der Waals surface area contributed by atoms with E-state index in [1.54, 1.807) is 0 Å².